The van der Waals surface area contributed by atoms with E-state index in [0.717, 1.165) is 28.4 Å². The lowest BCUT2D eigenvalue weighted by Gasteiger charge is -2.08. The molecule has 0 unspecified atom stereocenters. The second kappa shape index (κ2) is 4.96. The first kappa shape index (κ1) is 12.2. The highest BCUT2D eigenvalue weighted by atomic mass is 79.9. The number of rotatable bonds is 3. The van der Waals surface area contributed by atoms with Crippen LogP contribution in [0.15, 0.2) is 22.9 Å². The van der Waals surface area contributed by atoms with Crippen LogP contribution in [0, 0.1) is 0 Å². The summed E-state index contributed by atoms with van der Waals surface area (Å²) in [5, 5.41) is 4.26. The molecule has 2 aromatic heterocycles. The fourth-order valence-electron chi connectivity index (χ4n) is 1.63. The van der Waals surface area contributed by atoms with Crippen molar-refractivity contribution < 1.29 is 0 Å². The van der Waals surface area contributed by atoms with E-state index in [9.17, 15) is 0 Å². The maximum absolute atomic E-state index is 4.58. The normalized spacial score (nSPS) is 11.1. The topological polar surface area (TPSA) is 43.6 Å². The molecule has 90 valence electrons. The summed E-state index contributed by atoms with van der Waals surface area (Å²) in [6.45, 7) is 7.07. The highest BCUT2D eigenvalue weighted by molar-refractivity contribution is 9.10. The van der Waals surface area contributed by atoms with Gasteiger partial charge in [-0.05, 0) is 35.0 Å². The smallest absolute Gasteiger partial charge is 0.132 e. The summed E-state index contributed by atoms with van der Waals surface area (Å²) in [7, 11) is 0. The standard InChI is InChI=1S/C12H15BrN4/c1-4-17-10(5-6-14-17)9-7-11(13)16-12(15-9)8(2)3/h5-8H,4H2,1-3H3. The largest absolute Gasteiger partial charge is 0.264 e. The molecule has 0 atom stereocenters. The monoisotopic (exact) mass is 294 g/mol. The van der Waals surface area contributed by atoms with E-state index in [4.69, 9.17) is 0 Å². The van der Waals surface area contributed by atoms with Gasteiger partial charge in [0.25, 0.3) is 0 Å². The minimum atomic E-state index is 0.309. The van der Waals surface area contributed by atoms with Crippen LogP contribution < -0.4 is 0 Å². The van der Waals surface area contributed by atoms with E-state index in [1.165, 1.54) is 0 Å². The second-order valence-electron chi connectivity index (χ2n) is 4.12. The van der Waals surface area contributed by atoms with Crippen molar-refractivity contribution in [3.63, 3.8) is 0 Å². The fraction of sp³-hybridized carbons (Fsp3) is 0.417. The first-order chi connectivity index (χ1) is 8.11. The summed E-state index contributed by atoms with van der Waals surface area (Å²) < 4.78 is 2.74. The molecule has 2 rings (SSSR count). The van der Waals surface area contributed by atoms with E-state index < -0.39 is 0 Å². The summed E-state index contributed by atoms with van der Waals surface area (Å²) >= 11 is 3.43. The van der Waals surface area contributed by atoms with Gasteiger partial charge in [0.15, 0.2) is 0 Å². The Bertz CT molecular complexity index is 519. The van der Waals surface area contributed by atoms with Crippen LogP contribution in [0.3, 0.4) is 0 Å². The van der Waals surface area contributed by atoms with Gasteiger partial charge in [-0.2, -0.15) is 5.10 Å². The molecule has 0 N–H and O–H groups in total. The van der Waals surface area contributed by atoms with E-state index >= 15 is 0 Å². The number of hydrogen-bond donors (Lipinski definition) is 0. The molecule has 0 amide bonds. The Morgan fingerprint density at radius 1 is 1.35 bits per heavy atom. The van der Waals surface area contributed by atoms with Gasteiger partial charge < -0.3 is 0 Å². The van der Waals surface area contributed by atoms with Crippen LogP contribution in [0.2, 0.25) is 0 Å². The van der Waals surface area contributed by atoms with Gasteiger partial charge in [0.2, 0.25) is 0 Å². The Balaban J connectivity index is 2.52. The quantitative estimate of drug-likeness (QED) is 0.816. The lowest BCUT2D eigenvalue weighted by Crippen LogP contribution is -2.04. The van der Waals surface area contributed by atoms with E-state index in [0.29, 0.717) is 5.92 Å². The molecule has 0 saturated heterocycles. The summed E-state index contributed by atoms with van der Waals surface area (Å²) in [5.74, 6) is 1.16. The van der Waals surface area contributed by atoms with Crippen molar-refractivity contribution in [2.45, 2.75) is 33.2 Å². The molecule has 0 aromatic carbocycles. The predicted molar refractivity (Wildman–Crippen MR) is 70.7 cm³/mol. The van der Waals surface area contributed by atoms with E-state index in [1.807, 2.05) is 16.8 Å². The molecule has 2 heterocycles. The van der Waals surface area contributed by atoms with Crippen LogP contribution in [0.5, 0.6) is 0 Å². The van der Waals surface area contributed by atoms with Gasteiger partial charge in [-0.3, -0.25) is 4.68 Å². The van der Waals surface area contributed by atoms with E-state index in [2.05, 4.69) is 51.8 Å². The molecule has 0 spiro atoms. The van der Waals surface area contributed by atoms with Crippen molar-refractivity contribution >= 4 is 15.9 Å². The molecule has 2 aromatic rings. The third kappa shape index (κ3) is 2.54. The minimum Gasteiger partial charge on any atom is -0.264 e. The molecular formula is C12H15BrN4. The van der Waals surface area contributed by atoms with Gasteiger partial charge in [0, 0.05) is 18.7 Å². The SMILES string of the molecule is CCn1nccc1-c1cc(Br)nc(C(C)C)n1. The molecule has 4 nitrogen and oxygen atoms in total. The number of aryl methyl sites for hydroxylation is 1. The molecule has 5 heteroatoms. The molecule has 0 saturated carbocycles. The number of aromatic nitrogens is 4. The van der Waals surface area contributed by atoms with Crippen LogP contribution in [-0.4, -0.2) is 19.7 Å². The van der Waals surface area contributed by atoms with Crippen molar-refractivity contribution in [2.75, 3.05) is 0 Å². The third-order valence-electron chi connectivity index (χ3n) is 2.51. The van der Waals surface area contributed by atoms with Crippen molar-refractivity contribution in [2.24, 2.45) is 0 Å². The van der Waals surface area contributed by atoms with Crippen LogP contribution in [-0.2, 0) is 6.54 Å². The highest BCUT2D eigenvalue weighted by Gasteiger charge is 2.11. The zero-order chi connectivity index (χ0) is 12.4. The average Bonchev–Trinajstić information content (AvgIpc) is 2.76. The Morgan fingerprint density at radius 3 is 2.76 bits per heavy atom. The third-order valence-corrected chi connectivity index (χ3v) is 2.91. The van der Waals surface area contributed by atoms with Crippen molar-refractivity contribution in [3.8, 4) is 11.4 Å². The summed E-state index contributed by atoms with van der Waals surface area (Å²) in [6.07, 6.45) is 1.80. The molecule has 0 radical (unpaired) electrons. The van der Waals surface area contributed by atoms with Crippen LogP contribution in [0.25, 0.3) is 11.4 Å². The van der Waals surface area contributed by atoms with Crippen molar-refractivity contribution in [3.05, 3.63) is 28.8 Å². The van der Waals surface area contributed by atoms with Crippen molar-refractivity contribution in [1.82, 2.24) is 19.7 Å². The molecule has 0 aliphatic carbocycles. The van der Waals surface area contributed by atoms with Gasteiger partial charge in [-0.1, -0.05) is 13.8 Å². The Hall–Kier alpha value is -1.23. The molecule has 0 aliphatic heterocycles. The lowest BCUT2D eigenvalue weighted by molar-refractivity contribution is 0.663. The van der Waals surface area contributed by atoms with E-state index in [1.54, 1.807) is 6.20 Å². The Morgan fingerprint density at radius 2 is 2.12 bits per heavy atom. The fourth-order valence-corrected chi connectivity index (χ4v) is 2.03. The van der Waals surface area contributed by atoms with Gasteiger partial charge in [-0.15, -0.1) is 0 Å². The maximum Gasteiger partial charge on any atom is 0.132 e. The molecule has 0 fully saturated rings. The van der Waals surface area contributed by atoms with Crippen LogP contribution >= 0.6 is 15.9 Å². The number of halogens is 1. The van der Waals surface area contributed by atoms with E-state index in [-0.39, 0.29) is 0 Å². The van der Waals surface area contributed by atoms with Gasteiger partial charge in [-0.25, -0.2) is 9.97 Å². The summed E-state index contributed by atoms with van der Waals surface area (Å²) in [4.78, 5) is 8.96. The first-order valence-corrected chi connectivity index (χ1v) is 6.47. The van der Waals surface area contributed by atoms with Crippen LogP contribution in [0.4, 0.5) is 0 Å². The van der Waals surface area contributed by atoms with Crippen molar-refractivity contribution in [1.29, 1.82) is 0 Å². The van der Waals surface area contributed by atoms with Gasteiger partial charge in [0.05, 0.1) is 11.4 Å². The second-order valence-corrected chi connectivity index (χ2v) is 4.93. The Labute approximate surface area is 109 Å². The zero-order valence-corrected chi connectivity index (χ0v) is 11.8. The summed E-state index contributed by atoms with van der Waals surface area (Å²) in [6, 6.07) is 3.90. The molecule has 0 bridgehead atoms. The number of hydrogen-bond acceptors (Lipinski definition) is 3. The molecule has 17 heavy (non-hydrogen) atoms. The summed E-state index contributed by atoms with van der Waals surface area (Å²) in [5.41, 5.74) is 1.94. The predicted octanol–water partition coefficient (Wildman–Crippen LogP) is 3.25. The van der Waals surface area contributed by atoms with Gasteiger partial charge in [0.1, 0.15) is 10.4 Å². The highest BCUT2D eigenvalue weighted by Crippen LogP contribution is 2.22. The molecule has 0 aliphatic rings. The maximum atomic E-state index is 4.58. The van der Waals surface area contributed by atoms with Gasteiger partial charge >= 0.3 is 0 Å². The minimum absolute atomic E-state index is 0.309. The average molecular weight is 295 g/mol. The van der Waals surface area contributed by atoms with Crippen LogP contribution in [0.1, 0.15) is 32.5 Å². The molecular weight excluding hydrogens is 280 g/mol. The lowest BCUT2D eigenvalue weighted by atomic mass is 10.2. The Kier molecular flexibility index (Phi) is 3.57. The first-order valence-electron chi connectivity index (χ1n) is 5.68. The zero-order valence-electron chi connectivity index (χ0n) is 10.2. The number of nitrogens with zero attached hydrogens (tertiary/aromatic N) is 4.